The summed E-state index contributed by atoms with van der Waals surface area (Å²) in [5, 5.41) is 0.754. The molecular formula is C24H25ClN2O. The Labute approximate surface area is 171 Å². The number of hydrogen-bond acceptors (Lipinski definition) is 3. The minimum Gasteiger partial charge on any atom is -0.379 e. The topological polar surface area (TPSA) is 25.4 Å². The summed E-state index contributed by atoms with van der Waals surface area (Å²) in [5.74, 6) is 0. The highest BCUT2D eigenvalue weighted by Gasteiger charge is 2.10. The zero-order valence-electron chi connectivity index (χ0n) is 16.0. The number of halogens is 1. The molecule has 0 N–H and O–H groups in total. The summed E-state index contributed by atoms with van der Waals surface area (Å²) >= 11 is 5.96. The summed E-state index contributed by atoms with van der Waals surface area (Å²) in [7, 11) is 0. The van der Waals surface area contributed by atoms with Crippen LogP contribution in [0.4, 0.5) is 0 Å². The van der Waals surface area contributed by atoms with Gasteiger partial charge >= 0.3 is 0 Å². The van der Waals surface area contributed by atoms with E-state index in [4.69, 9.17) is 16.3 Å². The van der Waals surface area contributed by atoms with Crippen molar-refractivity contribution in [1.29, 1.82) is 0 Å². The molecule has 0 bridgehead atoms. The smallest absolute Gasteiger partial charge is 0.0594 e. The first kappa shape index (κ1) is 19.1. The van der Waals surface area contributed by atoms with Crippen molar-refractivity contribution in [2.75, 3.05) is 26.3 Å². The number of benzene rings is 2. The molecule has 0 radical (unpaired) electrons. The lowest BCUT2D eigenvalue weighted by atomic mass is 10.0. The van der Waals surface area contributed by atoms with E-state index in [1.54, 1.807) is 0 Å². The van der Waals surface area contributed by atoms with Crippen LogP contribution in [-0.4, -0.2) is 36.2 Å². The van der Waals surface area contributed by atoms with Crippen LogP contribution < -0.4 is 0 Å². The molecule has 144 valence electrons. The molecule has 1 saturated heterocycles. The maximum atomic E-state index is 5.96. The summed E-state index contributed by atoms with van der Waals surface area (Å²) in [6.45, 7) is 4.76. The van der Waals surface area contributed by atoms with E-state index in [0.717, 1.165) is 67.5 Å². The molecule has 0 atom stereocenters. The predicted octanol–water partition coefficient (Wildman–Crippen LogP) is 5.02. The highest BCUT2D eigenvalue weighted by Crippen LogP contribution is 2.21. The fraction of sp³-hybridized carbons (Fsp3) is 0.292. The minimum absolute atomic E-state index is 0.754. The Balaban J connectivity index is 1.30. The van der Waals surface area contributed by atoms with Crippen molar-refractivity contribution in [3.63, 3.8) is 0 Å². The van der Waals surface area contributed by atoms with Crippen LogP contribution in [0.25, 0.3) is 11.1 Å². The Bertz CT molecular complexity index is 870. The van der Waals surface area contributed by atoms with Gasteiger partial charge in [-0.3, -0.25) is 9.88 Å². The van der Waals surface area contributed by atoms with Crippen LogP contribution >= 0.6 is 11.6 Å². The lowest BCUT2D eigenvalue weighted by Gasteiger charge is -2.26. The van der Waals surface area contributed by atoms with Crippen molar-refractivity contribution in [3.05, 3.63) is 88.7 Å². The maximum Gasteiger partial charge on any atom is 0.0594 e. The van der Waals surface area contributed by atoms with E-state index in [-0.39, 0.29) is 0 Å². The minimum atomic E-state index is 0.754. The van der Waals surface area contributed by atoms with E-state index in [2.05, 4.69) is 46.3 Å². The molecule has 3 nitrogen and oxygen atoms in total. The van der Waals surface area contributed by atoms with Crippen LogP contribution in [0.2, 0.25) is 5.02 Å². The summed E-state index contributed by atoms with van der Waals surface area (Å²) < 4.78 is 5.41. The van der Waals surface area contributed by atoms with Gasteiger partial charge in [0.2, 0.25) is 0 Å². The number of aromatic nitrogens is 1. The molecule has 1 aromatic heterocycles. The number of pyridine rings is 1. The zero-order valence-corrected chi connectivity index (χ0v) is 16.7. The van der Waals surface area contributed by atoms with E-state index in [1.165, 1.54) is 11.1 Å². The molecule has 28 heavy (non-hydrogen) atoms. The number of nitrogens with zero attached hydrogens (tertiary/aromatic N) is 2. The third-order valence-corrected chi connectivity index (χ3v) is 5.46. The first-order chi connectivity index (χ1) is 13.8. The summed E-state index contributed by atoms with van der Waals surface area (Å²) in [4.78, 5) is 7.09. The molecule has 1 aliphatic rings. The van der Waals surface area contributed by atoms with E-state index in [1.807, 2.05) is 30.5 Å². The third kappa shape index (κ3) is 5.20. The highest BCUT2D eigenvalue weighted by molar-refractivity contribution is 6.30. The van der Waals surface area contributed by atoms with Crippen LogP contribution in [-0.2, 0) is 24.1 Å². The molecule has 0 amide bonds. The van der Waals surface area contributed by atoms with Crippen molar-refractivity contribution in [3.8, 4) is 11.1 Å². The first-order valence-corrected chi connectivity index (χ1v) is 10.2. The van der Waals surface area contributed by atoms with Gasteiger partial charge in [0.15, 0.2) is 0 Å². The SMILES string of the molecule is Clc1ccc(-c2ccc(CCc3ccc(CN4CCOCC4)cc3)nc2)cc1. The van der Waals surface area contributed by atoms with Gasteiger partial charge in [0.05, 0.1) is 13.2 Å². The predicted molar refractivity (Wildman–Crippen MR) is 115 cm³/mol. The van der Waals surface area contributed by atoms with Crippen LogP contribution in [0.5, 0.6) is 0 Å². The average molecular weight is 393 g/mol. The van der Waals surface area contributed by atoms with Gasteiger partial charge in [-0.05, 0) is 47.7 Å². The summed E-state index contributed by atoms with van der Waals surface area (Å²) in [6.07, 6.45) is 3.90. The molecule has 4 heteroatoms. The second-order valence-corrected chi connectivity index (χ2v) is 7.69. The Morgan fingerprint density at radius 2 is 1.46 bits per heavy atom. The number of morpholine rings is 1. The number of aryl methyl sites for hydroxylation is 2. The second kappa shape index (κ2) is 9.33. The average Bonchev–Trinajstić information content (AvgIpc) is 2.75. The second-order valence-electron chi connectivity index (χ2n) is 7.25. The number of ether oxygens (including phenoxy) is 1. The lowest BCUT2D eigenvalue weighted by Crippen LogP contribution is -2.35. The molecule has 0 spiro atoms. The number of hydrogen-bond donors (Lipinski definition) is 0. The summed E-state index contributed by atoms with van der Waals surface area (Å²) in [5.41, 5.74) is 6.10. The highest BCUT2D eigenvalue weighted by atomic mass is 35.5. The molecule has 2 heterocycles. The first-order valence-electron chi connectivity index (χ1n) is 9.85. The van der Waals surface area contributed by atoms with E-state index in [0.29, 0.717) is 0 Å². The van der Waals surface area contributed by atoms with Gasteiger partial charge in [0.1, 0.15) is 0 Å². The zero-order chi connectivity index (χ0) is 19.2. The monoisotopic (exact) mass is 392 g/mol. The molecule has 0 aliphatic carbocycles. The molecule has 2 aromatic carbocycles. The van der Waals surface area contributed by atoms with Crippen LogP contribution in [0.3, 0.4) is 0 Å². The van der Waals surface area contributed by atoms with E-state index >= 15 is 0 Å². The van der Waals surface area contributed by atoms with Gasteiger partial charge in [-0.15, -0.1) is 0 Å². The Hall–Kier alpha value is -2.20. The van der Waals surface area contributed by atoms with Gasteiger partial charge in [-0.2, -0.15) is 0 Å². The van der Waals surface area contributed by atoms with Gasteiger partial charge in [-0.25, -0.2) is 0 Å². The Morgan fingerprint density at radius 3 is 2.14 bits per heavy atom. The third-order valence-electron chi connectivity index (χ3n) is 5.20. The van der Waals surface area contributed by atoms with Gasteiger partial charge in [-0.1, -0.05) is 54.1 Å². The van der Waals surface area contributed by atoms with E-state index < -0.39 is 0 Å². The molecule has 1 aliphatic heterocycles. The van der Waals surface area contributed by atoms with Crippen LogP contribution in [0.15, 0.2) is 66.9 Å². The lowest BCUT2D eigenvalue weighted by molar-refractivity contribution is 0.0342. The van der Waals surface area contributed by atoms with Crippen molar-refractivity contribution in [2.45, 2.75) is 19.4 Å². The van der Waals surface area contributed by atoms with Crippen LogP contribution in [0, 0.1) is 0 Å². The van der Waals surface area contributed by atoms with Crippen molar-refractivity contribution >= 4 is 11.6 Å². The maximum absolute atomic E-state index is 5.96. The quantitative estimate of drug-likeness (QED) is 0.589. The summed E-state index contributed by atoms with van der Waals surface area (Å²) in [6, 6.07) is 21.1. The molecular weight excluding hydrogens is 368 g/mol. The van der Waals surface area contributed by atoms with Crippen molar-refractivity contribution < 1.29 is 4.74 Å². The molecule has 3 aromatic rings. The largest absolute Gasteiger partial charge is 0.379 e. The fourth-order valence-electron chi connectivity index (χ4n) is 3.49. The standard InChI is InChI=1S/C24H25ClN2O/c25-23-9-6-21(7-10-23)22-8-12-24(26-17-22)11-5-19-1-3-20(4-2-19)18-27-13-15-28-16-14-27/h1-4,6-10,12,17H,5,11,13-16,18H2. The molecule has 0 unspecified atom stereocenters. The van der Waals surface area contributed by atoms with Crippen molar-refractivity contribution in [2.24, 2.45) is 0 Å². The molecule has 4 rings (SSSR count). The molecule has 1 fully saturated rings. The van der Waals surface area contributed by atoms with Crippen LogP contribution in [0.1, 0.15) is 16.8 Å². The van der Waals surface area contributed by atoms with Crippen molar-refractivity contribution in [1.82, 2.24) is 9.88 Å². The van der Waals surface area contributed by atoms with E-state index in [9.17, 15) is 0 Å². The van der Waals surface area contributed by atoms with Gasteiger partial charge in [0, 0.05) is 42.1 Å². The van der Waals surface area contributed by atoms with Gasteiger partial charge < -0.3 is 4.74 Å². The Kier molecular flexibility index (Phi) is 6.38. The normalized spacial score (nSPS) is 14.9. The fourth-order valence-corrected chi connectivity index (χ4v) is 3.61. The number of rotatable bonds is 6. The molecule has 0 saturated carbocycles. The van der Waals surface area contributed by atoms with Gasteiger partial charge in [0.25, 0.3) is 0 Å². The Morgan fingerprint density at radius 1 is 0.786 bits per heavy atom.